The Labute approximate surface area is 146 Å². The molecular weight excluding hydrogens is 359 g/mol. The van der Waals surface area contributed by atoms with Crippen LogP contribution in [0.25, 0.3) is 0 Å². The van der Waals surface area contributed by atoms with E-state index >= 15 is 0 Å². The number of nitro groups is 2. The molecule has 0 aliphatic rings. The highest BCUT2D eigenvalue weighted by molar-refractivity contribution is 6.43. The average Bonchev–Trinajstić information content (AvgIpc) is 2.60. The first-order valence-electron chi connectivity index (χ1n) is 6.58. The third-order valence-electron chi connectivity index (χ3n) is 3.42. The Balaban J connectivity index is 2.68. The predicted molar refractivity (Wildman–Crippen MR) is 86.9 cm³/mol. The fourth-order valence-electron chi connectivity index (χ4n) is 2.18. The van der Waals surface area contributed by atoms with Gasteiger partial charge < -0.3 is 0 Å². The van der Waals surface area contributed by atoms with E-state index in [9.17, 15) is 25.0 Å². The van der Waals surface area contributed by atoms with Gasteiger partial charge in [-0.25, -0.2) is 0 Å². The third-order valence-corrected chi connectivity index (χ3v) is 4.47. The summed E-state index contributed by atoms with van der Waals surface area (Å²) in [5.41, 5.74) is -0.436. The van der Waals surface area contributed by atoms with Gasteiger partial charge in [-0.2, -0.15) is 0 Å². The van der Waals surface area contributed by atoms with E-state index in [1.807, 2.05) is 0 Å². The van der Waals surface area contributed by atoms with Crippen LogP contribution in [0.1, 0.15) is 11.1 Å². The van der Waals surface area contributed by atoms with Crippen molar-refractivity contribution in [2.75, 3.05) is 0 Å². The largest absolute Gasteiger partial charge is 0.387 e. The van der Waals surface area contributed by atoms with Crippen LogP contribution < -0.4 is 0 Å². The molecule has 124 valence electrons. The maximum absolute atomic E-state index is 12.8. The molecule has 0 aliphatic carbocycles. The van der Waals surface area contributed by atoms with Crippen molar-refractivity contribution in [1.29, 1.82) is 0 Å². The van der Waals surface area contributed by atoms with Crippen LogP contribution in [-0.4, -0.2) is 15.6 Å². The molecule has 2 unspecified atom stereocenters. The van der Waals surface area contributed by atoms with E-state index in [1.54, 1.807) is 12.1 Å². The average molecular weight is 369 g/mol. The van der Waals surface area contributed by atoms with E-state index in [2.05, 4.69) is 0 Å². The van der Waals surface area contributed by atoms with Gasteiger partial charge in [-0.1, -0.05) is 36.4 Å². The summed E-state index contributed by atoms with van der Waals surface area (Å²) in [5.74, 6) is -1.56. The number of carbonyl (C=O) groups is 1. The molecule has 2 rings (SSSR count). The van der Waals surface area contributed by atoms with Crippen LogP contribution >= 0.6 is 23.2 Å². The zero-order valence-corrected chi connectivity index (χ0v) is 13.5. The quantitative estimate of drug-likeness (QED) is 0.336. The number of hydrogen-bond donors (Lipinski definition) is 0. The van der Waals surface area contributed by atoms with Crippen LogP contribution in [0.15, 0.2) is 60.7 Å². The van der Waals surface area contributed by atoms with Crippen LogP contribution in [0, 0.1) is 20.2 Å². The number of carbonyl (C=O) groups excluding carboxylic acids is 1. The molecule has 0 saturated carbocycles. The lowest BCUT2D eigenvalue weighted by molar-refractivity contribution is -0.559. The second-order valence-corrected chi connectivity index (χ2v) is 5.91. The highest BCUT2D eigenvalue weighted by Gasteiger charge is 2.66. The molecule has 7 nitrogen and oxygen atoms in total. The summed E-state index contributed by atoms with van der Waals surface area (Å²) in [5, 5.41) is 23.1. The first-order chi connectivity index (χ1) is 11.3. The summed E-state index contributed by atoms with van der Waals surface area (Å²) < 4.78 is 0. The number of halogens is 2. The van der Waals surface area contributed by atoms with Gasteiger partial charge in [0.1, 0.15) is 0 Å². The Kier molecular flexibility index (Phi) is 4.86. The standard InChI is InChI=1S/C15H10Cl2N2O5/c16-14(18(21)22,11-7-3-1-4-8-11)13(20)15(17,19(23)24)12-9-5-2-6-10-12/h1-10H. The molecule has 0 N–H and O–H groups in total. The smallest absolute Gasteiger partial charge is 0.279 e. The zero-order valence-electron chi connectivity index (χ0n) is 12.0. The van der Waals surface area contributed by atoms with E-state index < -0.39 is 25.6 Å². The van der Waals surface area contributed by atoms with Crippen molar-refractivity contribution in [2.24, 2.45) is 0 Å². The van der Waals surface area contributed by atoms with Gasteiger partial charge in [-0.15, -0.1) is 0 Å². The Morgan fingerprint density at radius 1 is 0.750 bits per heavy atom. The Morgan fingerprint density at radius 3 is 1.29 bits per heavy atom. The summed E-state index contributed by atoms with van der Waals surface area (Å²) in [6, 6.07) is 13.7. The van der Waals surface area contributed by atoms with Gasteiger partial charge in [0, 0.05) is 0 Å². The SMILES string of the molecule is O=C(C(Cl)(c1ccccc1)[N+](=O)[O-])C(Cl)(c1ccccc1)[N+](=O)[O-]. The fourth-order valence-corrected chi connectivity index (χ4v) is 2.75. The van der Waals surface area contributed by atoms with Crippen LogP contribution in [0.5, 0.6) is 0 Å². The molecule has 9 heteroatoms. The summed E-state index contributed by atoms with van der Waals surface area (Å²) in [6.07, 6.45) is 0. The zero-order chi connectivity index (χ0) is 18.0. The lowest BCUT2D eigenvalue weighted by Crippen LogP contribution is -2.51. The van der Waals surface area contributed by atoms with E-state index in [0.717, 1.165) is 0 Å². The van der Waals surface area contributed by atoms with Crippen molar-refractivity contribution in [3.8, 4) is 0 Å². The van der Waals surface area contributed by atoms with Crippen molar-refractivity contribution >= 4 is 29.0 Å². The Morgan fingerprint density at radius 2 is 1.04 bits per heavy atom. The van der Waals surface area contributed by atoms with Crippen molar-refractivity contribution < 1.29 is 14.6 Å². The Hall–Kier alpha value is -2.51. The van der Waals surface area contributed by atoms with Gasteiger partial charge in [-0.3, -0.25) is 25.0 Å². The molecule has 0 saturated heterocycles. The molecule has 2 aromatic rings. The van der Waals surface area contributed by atoms with E-state index in [4.69, 9.17) is 23.2 Å². The van der Waals surface area contributed by atoms with Crippen LogP contribution in [0.3, 0.4) is 0 Å². The highest BCUT2D eigenvalue weighted by Crippen LogP contribution is 2.42. The van der Waals surface area contributed by atoms with Crippen LogP contribution in [-0.2, 0) is 14.8 Å². The first kappa shape index (κ1) is 17.8. The number of rotatable bonds is 6. The van der Waals surface area contributed by atoms with Gasteiger partial charge in [0.25, 0.3) is 0 Å². The summed E-state index contributed by atoms with van der Waals surface area (Å²) in [6.45, 7) is 0. The normalized spacial score (nSPS) is 15.8. The van der Waals surface area contributed by atoms with E-state index in [0.29, 0.717) is 0 Å². The maximum Gasteiger partial charge on any atom is 0.387 e. The van der Waals surface area contributed by atoms with E-state index in [1.165, 1.54) is 48.5 Å². The van der Waals surface area contributed by atoms with Gasteiger partial charge in [0.2, 0.25) is 0 Å². The number of nitrogens with zero attached hydrogens (tertiary/aromatic N) is 2. The van der Waals surface area contributed by atoms with Crippen molar-refractivity contribution in [2.45, 2.75) is 10.00 Å². The van der Waals surface area contributed by atoms with Crippen LogP contribution in [0.4, 0.5) is 0 Å². The predicted octanol–water partition coefficient (Wildman–Crippen LogP) is 3.29. The summed E-state index contributed by atoms with van der Waals surface area (Å²) in [7, 11) is 0. The fraction of sp³-hybridized carbons (Fsp3) is 0.133. The molecule has 0 fully saturated rings. The van der Waals surface area contributed by atoms with Gasteiger partial charge in [0.15, 0.2) is 0 Å². The molecule has 0 aromatic heterocycles. The van der Waals surface area contributed by atoms with Gasteiger partial charge >= 0.3 is 15.8 Å². The maximum atomic E-state index is 12.8. The molecule has 0 aliphatic heterocycles. The van der Waals surface area contributed by atoms with Crippen molar-refractivity contribution in [3.05, 3.63) is 92.0 Å². The Bertz CT molecular complexity index is 721. The topological polar surface area (TPSA) is 103 Å². The second-order valence-electron chi connectivity index (χ2n) is 4.82. The third kappa shape index (κ3) is 2.72. The second kappa shape index (κ2) is 6.54. The number of Topliss-reactive ketones (excluding diaryl/α,β-unsaturated/α-hetero) is 1. The van der Waals surface area contributed by atoms with Crippen molar-refractivity contribution in [1.82, 2.24) is 0 Å². The molecule has 0 heterocycles. The molecule has 24 heavy (non-hydrogen) atoms. The monoisotopic (exact) mass is 368 g/mol. The lowest BCUT2D eigenvalue weighted by Gasteiger charge is -2.23. The summed E-state index contributed by atoms with van der Waals surface area (Å²) in [4.78, 5) is 27.9. The first-order valence-corrected chi connectivity index (χ1v) is 7.34. The van der Waals surface area contributed by atoms with Gasteiger partial charge in [-0.05, 0) is 47.5 Å². The minimum Gasteiger partial charge on any atom is -0.279 e. The van der Waals surface area contributed by atoms with E-state index in [-0.39, 0.29) is 11.1 Å². The summed E-state index contributed by atoms with van der Waals surface area (Å²) >= 11 is 12.0. The molecule has 2 atom stereocenters. The highest BCUT2D eigenvalue weighted by atomic mass is 35.5. The molecule has 0 amide bonds. The molecule has 0 bridgehead atoms. The lowest BCUT2D eigenvalue weighted by atomic mass is 9.93. The van der Waals surface area contributed by atoms with Crippen molar-refractivity contribution in [3.63, 3.8) is 0 Å². The number of ketones is 1. The molecule has 0 radical (unpaired) electrons. The minimum absolute atomic E-state index is 0.218. The molecular formula is C15H10Cl2N2O5. The minimum atomic E-state index is -2.90. The molecule has 0 spiro atoms. The molecule has 2 aromatic carbocycles. The van der Waals surface area contributed by atoms with Gasteiger partial charge in [0.05, 0.1) is 21.0 Å². The number of hydrogen-bond acceptors (Lipinski definition) is 5. The number of alkyl halides is 2. The number of benzene rings is 2. The van der Waals surface area contributed by atoms with Crippen LogP contribution in [0.2, 0.25) is 0 Å².